The number of fused-ring (bicyclic) bond motifs is 1. The second-order valence-corrected chi connectivity index (χ2v) is 5.31. The minimum atomic E-state index is 0.757. The van der Waals surface area contributed by atoms with Crippen molar-refractivity contribution in [1.29, 1.82) is 0 Å². The number of aromatic nitrogens is 3. The van der Waals surface area contributed by atoms with Crippen molar-refractivity contribution in [3.8, 4) is 22.6 Å². The molecule has 0 atom stereocenters. The minimum Gasteiger partial charge on any atom is -0.339 e. The van der Waals surface area contributed by atoms with Gasteiger partial charge in [0.15, 0.2) is 5.82 Å². The van der Waals surface area contributed by atoms with E-state index < -0.39 is 0 Å². The van der Waals surface area contributed by atoms with Crippen LogP contribution >= 0.6 is 0 Å². The van der Waals surface area contributed by atoms with Crippen LogP contribution in [0.5, 0.6) is 0 Å². The van der Waals surface area contributed by atoms with E-state index in [1.807, 2.05) is 55.5 Å². The summed E-state index contributed by atoms with van der Waals surface area (Å²) >= 11 is 0. The zero-order valence-corrected chi connectivity index (χ0v) is 12.2. The molecule has 0 unspecified atom stereocenters. The van der Waals surface area contributed by atoms with Crippen molar-refractivity contribution in [3.63, 3.8) is 0 Å². The van der Waals surface area contributed by atoms with E-state index in [4.69, 9.17) is 0 Å². The molecule has 106 valence electrons. The Morgan fingerprint density at radius 2 is 1.41 bits per heavy atom. The van der Waals surface area contributed by atoms with Crippen molar-refractivity contribution in [2.24, 2.45) is 0 Å². The van der Waals surface area contributed by atoms with E-state index in [-0.39, 0.29) is 0 Å². The summed E-state index contributed by atoms with van der Waals surface area (Å²) in [6.45, 7) is 2.03. The van der Waals surface area contributed by atoms with Gasteiger partial charge in [0.1, 0.15) is 5.65 Å². The molecule has 3 heteroatoms. The van der Waals surface area contributed by atoms with Gasteiger partial charge in [-0.2, -0.15) is 0 Å². The van der Waals surface area contributed by atoms with Crippen LogP contribution in [0.4, 0.5) is 0 Å². The summed E-state index contributed by atoms with van der Waals surface area (Å²) in [5.74, 6) is 0.757. The molecule has 0 fully saturated rings. The molecule has 2 aromatic heterocycles. The third kappa shape index (κ3) is 2.17. The number of H-pyrrole nitrogens is 1. The first-order chi connectivity index (χ1) is 10.8. The lowest BCUT2D eigenvalue weighted by atomic mass is 10.1. The Hall–Kier alpha value is -2.94. The summed E-state index contributed by atoms with van der Waals surface area (Å²) in [5.41, 5.74) is 5.12. The number of rotatable bonds is 2. The van der Waals surface area contributed by atoms with Gasteiger partial charge in [-0.3, -0.25) is 0 Å². The van der Waals surface area contributed by atoms with E-state index in [1.165, 1.54) is 0 Å². The highest BCUT2D eigenvalue weighted by molar-refractivity contribution is 5.86. The maximum absolute atomic E-state index is 4.69. The fourth-order valence-corrected chi connectivity index (χ4v) is 2.65. The highest BCUT2D eigenvalue weighted by atomic mass is 15.0. The molecule has 0 saturated heterocycles. The van der Waals surface area contributed by atoms with Crippen LogP contribution in [0, 0.1) is 6.92 Å². The molecule has 0 aliphatic carbocycles. The predicted molar refractivity (Wildman–Crippen MR) is 89.5 cm³/mol. The second-order valence-electron chi connectivity index (χ2n) is 5.31. The van der Waals surface area contributed by atoms with Gasteiger partial charge in [-0.15, -0.1) is 0 Å². The van der Waals surface area contributed by atoms with Crippen LogP contribution in [-0.2, 0) is 0 Å². The molecule has 3 nitrogen and oxygen atoms in total. The van der Waals surface area contributed by atoms with Crippen molar-refractivity contribution >= 4 is 11.0 Å². The molecule has 0 radical (unpaired) electrons. The molecule has 0 saturated carbocycles. The van der Waals surface area contributed by atoms with Gasteiger partial charge in [-0.05, 0) is 18.6 Å². The van der Waals surface area contributed by atoms with Gasteiger partial charge in [0.25, 0.3) is 0 Å². The van der Waals surface area contributed by atoms with Crippen LogP contribution < -0.4 is 0 Å². The van der Waals surface area contributed by atoms with Crippen molar-refractivity contribution in [2.75, 3.05) is 0 Å². The Morgan fingerprint density at radius 1 is 0.773 bits per heavy atom. The number of nitrogens with zero attached hydrogens (tertiary/aromatic N) is 2. The van der Waals surface area contributed by atoms with Crippen molar-refractivity contribution in [3.05, 3.63) is 72.4 Å². The number of hydrogen-bond donors (Lipinski definition) is 1. The van der Waals surface area contributed by atoms with Crippen LogP contribution in [-0.4, -0.2) is 15.0 Å². The Bertz CT molecular complexity index is 925. The number of hydrogen-bond acceptors (Lipinski definition) is 2. The average molecular weight is 285 g/mol. The van der Waals surface area contributed by atoms with Crippen LogP contribution in [0.2, 0.25) is 0 Å². The molecular formula is C19H15N3. The molecule has 1 N–H and O–H groups in total. The molecule has 2 heterocycles. The van der Waals surface area contributed by atoms with Crippen LogP contribution in [0.25, 0.3) is 33.7 Å². The maximum atomic E-state index is 4.69. The van der Waals surface area contributed by atoms with Crippen LogP contribution in [0.3, 0.4) is 0 Å². The highest BCUT2D eigenvalue weighted by Crippen LogP contribution is 2.26. The van der Waals surface area contributed by atoms with Gasteiger partial charge in [0, 0.05) is 16.6 Å². The minimum absolute atomic E-state index is 0.757. The van der Waals surface area contributed by atoms with E-state index in [9.17, 15) is 0 Å². The first-order valence-corrected chi connectivity index (χ1v) is 7.29. The summed E-state index contributed by atoms with van der Waals surface area (Å²) in [6, 6.07) is 22.4. The van der Waals surface area contributed by atoms with E-state index in [1.54, 1.807) is 0 Å². The standard InChI is InChI=1S/C19H15N3/c1-13-16-12-17(14-8-4-2-5-9-14)21-19(16)22-18(20-13)15-10-6-3-7-11-15/h2-12H,1H3,(H,20,21,22). The smallest absolute Gasteiger partial charge is 0.161 e. The van der Waals surface area contributed by atoms with Gasteiger partial charge < -0.3 is 4.98 Å². The van der Waals surface area contributed by atoms with Crippen LogP contribution in [0.15, 0.2) is 66.7 Å². The lowest BCUT2D eigenvalue weighted by molar-refractivity contribution is 1.15. The SMILES string of the molecule is Cc1nc(-c2ccccc2)nc2[nH]c(-c3ccccc3)cc12. The number of benzene rings is 2. The molecule has 4 rings (SSSR count). The molecule has 0 aliphatic rings. The molecule has 0 bridgehead atoms. The number of aryl methyl sites for hydroxylation is 1. The summed E-state index contributed by atoms with van der Waals surface area (Å²) in [6.07, 6.45) is 0. The Labute approximate surface area is 128 Å². The molecule has 2 aromatic carbocycles. The zero-order chi connectivity index (χ0) is 14.9. The summed E-state index contributed by atoms with van der Waals surface area (Å²) in [7, 11) is 0. The maximum Gasteiger partial charge on any atom is 0.161 e. The van der Waals surface area contributed by atoms with E-state index in [0.29, 0.717) is 0 Å². The van der Waals surface area contributed by atoms with Crippen molar-refractivity contribution in [1.82, 2.24) is 15.0 Å². The highest BCUT2D eigenvalue weighted by Gasteiger charge is 2.10. The molecular weight excluding hydrogens is 270 g/mol. The van der Waals surface area contributed by atoms with Gasteiger partial charge in [0.2, 0.25) is 0 Å². The third-order valence-corrected chi connectivity index (χ3v) is 3.79. The van der Waals surface area contributed by atoms with Gasteiger partial charge in [-0.1, -0.05) is 60.7 Å². The summed E-state index contributed by atoms with van der Waals surface area (Å²) < 4.78 is 0. The topological polar surface area (TPSA) is 41.6 Å². The van der Waals surface area contributed by atoms with Gasteiger partial charge in [-0.25, -0.2) is 9.97 Å². The Balaban J connectivity index is 1.88. The number of aromatic amines is 1. The van der Waals surface area contributed by atoms with Crippen molar-refractivity contribution in [2.45, 2.75) is 6.92 Å². The van der Waals surface area contributed by atoms with Crippen LogP contribution in [0.1, 0.15) is 5.69 Å². The predicted octanol–water partition coefficient (Wildman–Crippen LogP) is 4.60. The first-order valence-electron chi connectivity index (χ1n) is 7.29. The lowest BCUT2D eigenvalue weighted by Crippen LogP contribution is -1.92. The summed E-state index contributed by atoms with van der Waals surface area (Å²) in [5, 5.41) is 1.07. The average Bonchev–Trinajstić information content (AvgIpc) is 3.01. The van der Waals surface area contributed by atoms with E-state index in [0.717, 1.165) is 39.4 Å². The zero-order valence-electron chi connectivity index (χ0n) is 12.2. The normalized spacial score (nSPS) is 11.0. The fraction of sp³-hybridized carbons (Fsp3) is 0.0526. The fourth-order valence-electron chi connectivity index (χ4n) is 2.65. The van der Waals surface area contributed by atoms with Crippen molar-refractivity contribution < 1.29 is 0 Å². The molecule has 0 aliphatic heterocycles. The second kappa shape index (κ2) is 5.11. The number of nitrogens with one attached hydrogen (secondary N) is 1. The monoisotopic (exact) mass is 285 g/mol. The van der Waals surface area contributed by atoms with E-state index >= 15 is 0 Å². The lowest BCUT2D eigenvalue weighted by Gasteiger charge is -2.02. The molecule has 22 heavy (non-hydrogen) atoms. The molecule has 0 spiro atoms. The van der Waals surface area contributed by atoms with Gasteiger partial charge >= 0.3 is 0 Å². The quantitative estimate of drug-likeness (QED) is 0.584. The Morgan fingerprint density at radius 3 is 2.09 bits per heavy atom. The van der Waals surface area contributed by atoms with E-state index in [2.05, 4.69) is 33.2 Å². The molecule has 0 amide bonds. The Kier molecular flexibility index (Phi) is 2.97. The van der Waals surface area contributed by atoms with Gasteiger partial charge in [0.05, 0.1) is 5.69 Å². The first kappa shape index (κ1) is 12.8. The summed E-state index contributed by atoms with van der Waals surface area (Å²) in [4.78, 5) is 12.7. The molecule has 4 aromatic rings. The largest absolute Gasteiger partial charge is 0.339 e. The third-order valence-electron chi connectivity index (χ3n) is 3.79.